The fourth-order valence-corrected chi connectivity index (χ4v) is 4.39. The number of nitrogens with zero attached hydrogens (tertiary/aromatic N) is 3. The molecule has 90 valence electrons. The van der Waals surface area contributed by atoms with Crippen molar-refractivity contribution in [3.05, 3.63) is 0 Å². The molecular formula is C10H17N3O2S. The smallest absolute Gasteiger partial charge is 0.153 e. The van der Waals surface area contributed by atoms with Gasteiger partial charge in [-0.1, -0.05) is 0 Å². The van der Waals surface area contributed by atoms with E-state index in [1.165, 1.54) is 0 Å². The lowest BCUT2D eigenvalue weighted by Crippen LogP contribution is -2.56. The van der Waals surface area contributed by atoms with E-state index in [1.54, 1.807) is 0 Å². The van der Waals surface area contributed by atoms with Crippen LogP contribution in [0.3, 0.4) is 0 Å². The van der Waals surface area contributed by atoms with E-state index in [0.717, 1.165) is 26.2 Å². The van der Waals surface area contributed by atoms with Crippen LogP contribution in [0.5, 0.6) is 0 Å². The Morgan fingerprint density at radius 3 is 2.31 bits per heavy atom. The molecule has 0 spiro atoms. The van der Waals surface area contributed by atoms with Crippen LogP contribution in [0.25, 0.3) is 0 Å². The summed E-state index contributed by atoms with van der Waals surface area (Å²) in [6, 6.07) is 2.25. The van der Waals surface area contributed by atoms with Crippen molar-refractivity contribution in [2.75, 3.05) is 44.7 Å². The largest absolute Gasteiger partial charge is 0.304 e. The monoisotopic (exact) mass is 243 g/mol. The molecule has 1 unspecified atom stereocenters. The van der Waals surface area contributed by atoms with Crippen LogP contribution in [0.2, 0.25) is 0 Å². The molecule has 0 aliphatic carbocycles. The van der Waals surface area contributed by atoms with E-state index in [4.69, 9.17) is 0 Å². The second-order valence-electron chi connectivity index (χ2n) is 4.78. The molecule has 5 nitrogen and oxygen atoms in total. The molecule has 2 heterocycles. The second kappa shape index (κ2) is 3.99. The van der Waals surface area contributed by atoms with Gasteiger partial charge in [0.1, 0.15) is 5.54 Å². The molecule has 0 bridgehead atoms. The van der Waals surface area contributed by atoms with E-state index in [2.05, 4.69) is 15.9 Å². The third-order valence-corrected chi connectivity index (χ3v) is 5.35. The quantitative estimate of drug-likeness (QED) is 0.610. The van der Waals surface area contributed by atoms with Gasteiger partial charge >= 0.3 is 0 Å². The van der Waals surface area contributed by atoms with Crippen LogP contribution < -0.4 is 0 Å². The summed E-state index contributed by atoms with van der Waals surface area (Å²) < 4.78 is 23.0. The highest BCUT2D eigenvalue weighted by molar-refractivity contribution is 7.91. The van der Waals surface area contributed by atoms with Crippen molar-refractivity contribution < 1.29 is 8.42 Å². The Hall–Kier alpha value is -0.640. The number of likely N-dealkylation sites (N-methyl/N-ethyl adjacent to an activating group) is 1. The number of hydrogen-bond donors (Lipinski definition) is 0. The van der Waals surface area contributed by atoms with Gasteiger partial charge in [0.2, 0.25) is 0 Å². The van der Waals surface area contributed by atoms with E-state index in [-0.39, 0.29) is 11.5 Å². The average molecular weight is 243 g/mol. The van der Waals surface area contributed by atoms with Crippen molar-refractivity contribution >= 4 is 9.84 Å². The van der Waals surface area contributed by atoms with Crippen LogP contribution in [0.1, 0.15) is 6.42 Å². The highest BCUT2D eigenvalue weighted by atomic mass is 32.2. The number of hydrogen-bond acceptors (Lipinski definition) is 5. The van der Waals surface area contributed by atoms with E-state index >= 15 is 0 Å². The first-order valence-corrected chi connectivity index (χ1v) is 7.35. The van der Waals surface area contributed by atoms with Crippen LogP contribution in [0.15, 0.2) is 0 Å². The highest BCUT2D eigenvalue weighted by Crippen LogP contribution is 2.29. The van der Waals surface area contributed by atoms with Gasteiger partial charge in [-0.05, 0) is 13.5 Å². The number of rotatable bonds is 1. The van der Waals surface area contributed by atoms with E-state index in [1.807, 2.05) is 7.05 Å². The third kappa shape index (κ3) is 2.08. The van der Waals surface area contributed by atoms with Gasteiger partial charge in [-0.25, -0.2) is 8.42 Å². The molecule has 0 saturated carbocycles. The Morgan fingerprint density at radius 1 is 1.25 bits per heavy atom. The molecule has 0 aromatic rings. The van der Waals surface area contributed by atoms with Crippen LogP contribution >= 0.6 is 0 Å². The summed E-state index contributed by atoms with van der Waals surface area (Å²) in [4.78, 5) is 4.25. The maximum absolute atomic E-state index is 11.5. The first kappa shape index (κ1) is 11.8. The molecule has 0 N–H and O–H groups in total. The Bertz CT molecular complexity index is 406. The minimum atomic E-state index is -3.01. The standard InChI is InChI=1S/C10H17N3O2S/c1-12-3-5-13(6-4-12)10(8-11)2-7-16(14,15)9-10/h2-7,9H2,1H3. The molecule has 6 heteroatoms. The molecule has 2 rings (SSSR count). The summed E-state index contributed by atoms with van der Waals surface area (Å²) in [6.07, 6.45) is 0.468. The minimum absolute atomic E-state index is 0.0141. The molecule has 0 radical (unpaired) electrons. The zero-order valence-corrected chi connectivity index (χ0v) is 10.3. The van der Waals surface area contributed by atoms with Crippen LogP contribution in [-0.4, -0.2) is 68.5 Å². The van der Waals surface area contributed by atoms with Gasteiger partial charge in [-0.3, -0.25) is 4.90 Å². The Kier molecular flexibility index (Phi) is 2.95. The fourth-order valence-electron chi connectivity index (χ4n) is 2.48. The number of sulfone groups is 1. The summed E-state index contributed by atoms with van der Waals surface area (Å²) in [7, 11) is -0.963. The number of piperazine rings is 1. The third-order valence-electron chi connectivity index (χ3n) is 3.60. The zero-order chi connectivity index (χ0) is 11.8. The first-order valence-electron chi connectivity index (χ1n) is 5.53. The topological polar surface area (TPSA) is 64.4 Å². The summed E-state index contributed by atoms with van der Waals surface area (Å²) in [5.74, 6) is 0.174. The molecule has 1 atom stereocenters. The predicted molar refractivity (Wildman–Crippen MR) is 60.7 cm³/mol. The summed E-state index contributed by atoms with van der Waals surface area (Å²) in [6.45, 7) is 3.39. The van der Waals surface area contributed by atoms with Crippen LogP contribution in [0.4, 0.5) is 0 Å². The Morgan fingerprint density at radius 2 is 1.88 bits per heavy atom. The summed E-state index contributed by atoms with van der Waals surface area (Å²) in [5.41, 5.74) is -0.750. The highest BCUT2D eigenvalue weighted by Gasteiger charge is 2.47. The van der Waals surface area contributed by atoms with Gasteiger partial charge < -0.3 is 4.90 Å². The van der Waals surface area contributed by atoms with Crippen LogP contribution in [0, 0.1) is 11.3 Å². The molecule has 0 aromatic heterocycles. The van der Waals surface area contributed by atoms with Crippen molar-refractivity contribution in [1.29, 1.82) is 5.26 Å². The second-order valence-corrected chi connectivity index (χ2v) is 6.96. The van der Waals surface area contributed by atoms with Crippen molar-refractivity contribution in [2.45, 2.75) is 12.0 Å². The summed E-state index contributed by atoms with van der Waals surface area (Å²) in [5, 5.41) is 9.30. The first-order chi connectivity index (χ1) is 7.47. The van der Waals surface area contributed by atoms with Gasteiger partial charge in [0.05, 0.1) is 17.6 Å². The molecule has 0 amide bonds. The minimum Gasteiger partial charge on any atom is -0.304 e. The average Bonchev–Trinajstić information content (AvgIpc) is 2.57. The van der Waals surface area contributed by atoms with Crippen LogP contribution in [-0.2, 0) is 9.84 Å². The van der Waals surface area contributed by atoms with E-state index in [0.29, 0.717) is 6.42 Å². The molecule has 2 fully saturated rings. The Balaban J connectivity index is 2.15. The van der Waals surface area contributed by atoms with Crippen molar-refractivity contribution in [1.82, 2.24) is 9.80 Å². The molecular weight excluding hydrogens is 226 g/mol. The lowest BCUT2D eigenvalue weighted by molar-refractivity contribution is 0.0872. The van der Waals surface area contributed by atoms with Gasteiger partial charge in [0.15, 0.2) is 9.84 Å². The van der Waals surface area contributed by atoms with E-state index < -0.39 is 15.4 Å². The Labute approximate surface area is 96.5 Å². The zero-order valence-electron chi connectivity index (χ0n) is 9.52. The summed E-state index contributed by atoms with van der Waals surface area (Å²) >= 11 is 0. The van der Waals surface area contributed by atoms with Crippen molar-refractivity contribution in [3.8, 4) is 6.07 Å². The van der Waals surface area contributed by atoms with Gasteiger partial charge in [-0.2, -0.15) is 5.26 Å². The predicted octanol–water partition coefficient (Wildman–Crippen LogP) is -0.685. The van der Waals surface area contributed by atoms with Gasteiger partial charge in [0.25, 0.3) is 0 Å². The van der Waals surface area contributed by atoms with Crippen molar-refractivity contribution in [2.24, 2.45) is 0 Å². The van der Waals surface area contributed by atoms with E-state index in [9.17, 15) is 13.7 Å². The van der Waals surface area contributed by atoms with Gasteiger partial charge in [0, 0.05) is 26.2 Å². The molecule has 2 aliphatic rings. The lowest BCUT2D eigenvalue weighted by Gasteiger charge is -2.40. The molecule has 2 saturated heterocycles. The van der Waals surface area contributed by atoms with Crippen molar-refractivity contribution in [3.63, 3.8) is 0 Å². The lowest BCUT2D eigenvalue weighted by atomic mass is 9.97. The maximum atomic E-state index is 11.5. The molecule has 2 aliphatic heterocycles. The number of nitriles is 1. The fraction of sp³-hybridized carbons (Fsp3) is 0.900. The normalized spacial score (nSPS) is 36.0. The molecule has 0 aromatic carbocycles. The SMILES string of the molecule is CN1CCN(C2(C#N)CCS(=O)(=O)C2)CC1. The van der Waals surface area contributed by atoms with Gasteiger partial charge in [-0.15, -0.1) is 0 Å². The molecule has 16 heavy (non-hydrogen) atoms. The maximum Gasteiger partial charge on any atom is 0.153 e.